The molecule has 138 valence electrons. The summed E-state index contributed by atoms with van der Waals surface area (Å²) in [5, 5.41) is 8.99. The number of H-pyrrole nitrogens is 1. The Labute approximate surface area is 157 Å². The lowest BCUT2D eigenvalue weighted by atomic mass is 10.1. The summed E-state index contributed by atoms with van der Waals surface area (Å²) in [5.41, 5.74) is 2.79. The van der Waals surface area contributed by atoms with Crippen molar-refractivity contribution in [1.29, 1.82) is 5.26 Å². The van der Waals surface area contributed by atoms with Crippen LogP contribution in [0.3, 0.4) is 0 Å². The average Bonchev–Trinajstić information content (AvgIpc) is 3.15. The molecule has 0 unspecified atom stereocenters. The van der Waals surface area contributed by atoms with Crippen LogP contribution in [0.5, 0.6) is 5.75 Å². The Morgan fingerprint density at radius 2 is 2.07 bits per heavy atom. The van der Waals surface area contributed by atoms with Gasteiger partial charge in [-0.25, -0.2) is 18.1 Å². The van der Waals surface area contributed by atoms with Gasteiger partial charge in [0.25, 0.3) is 0 Å². The third-order valence-corrected chi connectivity index (χ3v) is 5.44. The monoisotopic (exact) mass is 382 g/mol. The van der Waals surface area contributed by atoms with Gasteiger partial charge in [0.1, 0.15) is 11.6 Å². The number of hydrogen-bond acceptors (Lipinski definition) is 5. The standard InChI is InChI=1S/C19H18N4O3S/c1-13-8-16(6-7-18(13)26-2)27(24,25)22-12-19-21-11-17(23-19)15-5-3-4-14(9-15)10-20/h3-9,11,22H,12H2,1-2H3,(H,21,23). The molecule has 7 nitrogen and oxygen atoms in total. The summed E-state index contributed by atoms with van der Waals surface area (Å²) in [7, 11) is -2.14. The number of hydrogen-bond donors (Lipinski definition) is 2. The number of nitriles is 1. The summed E-state index contributed by atoms with van der Waals surface area (Å²) in [6, 6.07) is 13.8. The summed E-state index contributed by atoms with van der Waals surface area (Å²) >= 11 is 0. The number of rotatable bonds is 6. The molecule has 0 saturated heterocycles. The largest absolute Gasteiger partial charge is 0.496 e. The predicted molar refractivity (Wildman–Crippen MR) is 100 cm³/mol. The van der Waals surface area contributed by atoms with Crippen molar-refractivity contribution < 1.29 is 13.2 Å². The maximum atomic E-state index is 12.5. The fourth-order valence-corrected chi connectivity index (χ4v) is 3.69. The molecular formula is C19H18N4O3S. The first-order valence-corrected chi connectivity index (χ1v) is 9.60. The van der Waals surface area contributed by atoms with Crippen LogP contribution in [-0.4, -0.2) is 25.5 Å². The molecule has 0 radical (unpaired) electrons. The van der Waals surface area contributed by atoms with Gasteiger partial charge in [-0.05, 0) is 42.8 Å². The fraction of sp³-hybridized carbons (Fsp3) is 0.158. The lowest BCUT2D eigenvalue weighted by Gasteiger charge is -2.09. The fourth-order valence-electron chi connectivity index (χ4n) is 2.62. The molecule has 27 heavy (non-hydrogen) atoms. The van der Waals surface area contributed by atoms with Crippen molar-refractivity contribution in [2.75, 3.05) is 7.11 Å². The molecule has 0 saturated carbocycles. The number of sulfonamides is 1. The zero-order valence-corrected chi connectivity index (χ0v) is 15.7. The van der Waals surface area contributed by atoms with Crippen LogP contribution < -0.4 is 9.46 Å². The first kappa shape index (κ1) is 18.6. The second-order valence-corrected chi connectivity index (χ2v) is 7.66. The molecule has 3 rings (SSSR count). The van der Waals surface area contributed by atoms with Gasteiger partial charge in [0, 0.05) is 5.56 Å². The van der Waals surface area contributed by atoms with Gasteiger partial charge < -0.3 is 9.72 Å². The second kappa shape index (κ2) is 7.61. The molecule has 0 amide bonds. The SMILES string of the molecule is COc1ccc(S(=O)(=O)NCc2ncc(-c3cccc(C#N)c3)[nH]2)cc1C. The molecule has 0 spiro atoms. The van der Waals surface area contributed by atoms with Gasteiger partial charge in [0.05, 0.1) is 42.1 Å². The van der Waals surface area contributed by atoms with E-state index in [1.165, 1.54) is 13.2 Å². The van der Waals surface area contributed by atoms with E-state index in [9.17, 15) is 8.42 Å². The Morgan fingerprint density at radius 1 is 1.26 bits per heavy atom. The van der Waals surface area contributed by atoms with E-state index >= 15 is 0 Å². The van der Waals surface area contributed by atoms with E-state index in [1.807, 2.05) is 6.07 Å². The Morgan fingerprint density at radius 3 is 2.78 bits per heavy atom. The number of aromatic amines is 1. The van der Waals surface area contributed by atoms with Crippen LogP contribution in [0.2, 0.25) is 0 Å². The molecule has 3 aromatic rings. The molecule has 2 aromatic carbocycles. The zero-order valence-electron chi connectivity index (χ0n) is 14.9. The highest BCUT2D eigenvalue weighted by atomic mass is 32.2. The second-order valence-electron chi connectivity index (χ2n) is 5.89. The number of nitrogens with zero attached hydrogens (tertiary/aromatic N) is 2. The number of aryl methyl sites for hydroxylation is 1. The zero-order chi connectivity index (χ0) is 19.4. The third kappa shape index (κ3) is 4.16. The van der Waals surface area contributed by atoms with Gasteiger partial charge in [-0.3, -0.25) is 0 Å². The number of nitrogens with one attached hydrogen (secondary N) is 2. The minimum absolute atomic E-state index is 0.0192. The Hall–Kier alpha value is -3.15. The smallest absolute Gasteiger partial charge is 0.240 e. The summed E-state index contributed by atoms with van der Waals surface area (Å²) < 4.78 is 32.7. The Kier molecular flexibility index (Phi) is 5.26. The highest BCUT2D eigenvalue weighted by Gasteiger charge is 2.16. The highest BCUT2D eigenvalue weighted by molar-refractivity contribution is 7.89. The van der Waals surface area contributed by atoms with E-state index in [1.54, 1.807) is 43.5 Å². The van der Waals surface area contributed by atoms with E-state index in [-0.39, 0.29) is 11.4 Å². The third-order valence-electron chi connectivity index (χ3n) is 4.04. The van der Waals surface area contributed by atoms with Crippen LogP contribution in [0.1, 0.15) is 17.0 Å². The molecule has 0 aliphatic rings. The Balaban J connectivity index is 1.74. The first-order valence-electron chi connectivity index (χ1n) is 8.11. The van der Waals surface area contributed by atoms with Gasteiger partial charge in [-0.15, -0.1) is 0 Å². The summed E-state index contributed by atoms with van der Waals surface area (Å²) in [6.45, 7) is 1.80. The highest BCUT2D eigenvalue weighted by Crippen LogP contribution is 2.22. The molecule has 1 aromatic heterocycles. The lowest BCUT2D eigenvalue weighted by Crippen LogP contribution is -2.23. The molecule has 0 bridgehead atoms. The van der Waals surface area contributed by atoms with Crippen molar-refractivity contribution in [3.63, 3.8) is 0 Å². The minimum Gasteiger partial charge on any atom is -0.496 e. The number of benzene rings is 2. The van der Waals surface area contributed by atoms with Crippen LogP contribution in [-0.2, 0) is 16.6 Å². The van der Waals surface area contributed by atoms with Crippen LogP contribution in [0, 0.1) is 18.3 Å². The van der Waals surface area contributed by atoms with Gasteiger partial charge in [-0.2, -0.15) is 5.26 Å². The summed E-state index contributed by atoms with van der Waals surface area (Å²) in [6.07, 6.45) is 1.61. The van der Waals surface area contributed by atoms with Crippen LogP contribution in [0.25, 0.3) is 11.3 Å². The van der Waals surface area contributed by atoms with Crippen molar-refractivity contribution in [2.24, 2.45) is 0 Å². The Bertz CT molecular complexity index is 1110. The van der Waals surface area contributed by atoms with Crippen molar-refractivity contribution in [1.82, 2.24) is 14.7 Å². The van der Waals surface area contributed by atoms with E-state index < -0.39 is 10.0 Å². The van der Waals surface area contributed by atoms with Gasteiger partial charge in [-0.1, -0.05) is 12.1 Å². The van der Waals surface area contributed by atoms with Gasteiger partial charge in [0.15, 0.2) is 0 Å². The molecule has 0 fully saturated rings. The van der Waals surface area contributed by atoms with Crippen molar-refractivity contribution in [3.05, 3.63) is 65.6 Å². The number of aromatic nitrogens is 2. The molecular weight excluding hydrogens is 364 g/mol. The predicted octanol–water partition coefficient (Wildman–Crippen LogP) is 2.74. The van der Waals surface area contributed by atoms with Gasteiger partial charge >= 0.3 is 0 Å². The minimum atomic E-state index is -3.68. The van der Waals surface area contributed by atoms with Crippen molar-refractivity contribution in [3.8, 4) is 23.1 Å². The van der Waals surface area contributed by atoms with Gasteiger partial charge in [0.2, 0.25) is 10.0 Å². The van der Waals surface area contributed by atoms with Crippen molar-refractivity contribution >= 4 is 10.0 Å². The maximum Gasteiger partial charge on any atom is 0.240 e. The van der Waals surface area contributed by atoms with Crippen LogP contribution >= 0.6 is 0 Å². The topological polar surface area (TPSA) is 108 Å². The molecule has 1 heterocycles. The van der Waals surface area contributed by atoms with Crippen LogP contribution in [0.15, 0.2) is 53.6 Å². The number of methoxy groups -OCH3 is 1. The van der Waals surface area contributed by atoms with E-state index in [4.69, 9.17) is 10.00 Å². The van der Waals surface area contributed by atoms with Crippen LogP contribution in [0.4, 0.5) is 0 Å². The molecule has 0 aliphatic heterocycles. The molecule has 0 aliphatic carbocycles. The normalized spacial score (nSPS) is 11.1. The number of ether oxygens (including phenoxy) is 1. The number of imidazole rings is 1. The van der Waals surface area contributed by atoms with E-state index in [0.29, 0.717) is 22.8 Å². The summed E-state index contributed by atoms with van der Waals surface area (Å²) in [5.74, 6) is 1.10. The summed E-state index contributed by atoms with van der Waals surface area (Å²) in [4.78, 5) is 7.43. The average molecular weight is 382 g/mol. The van der Waals surface area contributed by atoms with E-state index in [2.05, 4.69) is 20.8 Å². The lowest BCUT2D eigenvalue weighted by molar-refractivity contribution is 0.411. The van der Waals surface area contributed by atoms with E-state index in [0.717, 1.165) is 11.1 Å². The maximum absolute atomic E-state index is 12.5. The molecule has 0 atom stereocenters. The quantitative estimate of drug-likeness (QED) is 0.681. The molecule has 2 N–H and O–H groups in total. The molecule has 8 heteroatoms. The first-order chi connectivity index (χ1) is 12.9. The van der Waals surface area contributed by atoms with Crippen molar-refractivity contribution in [2.45, 2.75) is 18.4 Å².